The summed E-state index contributed by atoms with van der Waals surface area (Å²) >= 11 is 0. The molecule has 5 rings (SSSR count). The van der Waals surface area contributed by atoms with Crippen molar-refractivity contribution in [3.8, 4) is 0 Å². The van der Waals surface area contributed by atoms with Gasteiger partial charge in [-0.2, -0.15) is 0 Å². The number of carbonyl (C=O) groups excluding carboxylic acids is 1. The van der Waals surface area contributed by atoms with Gasteiger partial charge in [0.05, 0.1) is 23.9 Å². The monoisotopic (exact) mass is 459 g/mol. The Morgan fingerprint density at radius 2 is 1.53 bits per heavy atom. The minimum absolute atomic E-state index is 0.00630. The second-order valence-electron chi connectivity index (χ2n) is 7.99. The normalized spacial score (nSPS) is 11.5. The zero-order valence-corrected chi connectivity index (χ0v) is 18.6. The lowest BCUT2D eigenvalue weighted by atomic mass is 10.1. The number of benzene rings is 2. The molecule has 0 unspecified atom stereocenters. The minimum Gasteiger partial charge on any atom is -0.462 e. The number of carbonyl (C=O) groups is 1. The molecule has 0 radical (unpaired) electrons. The van der Waals surface area contributed by atoms with Gasteiger partial charge in [0, 0.05) is 24.9 Å². The van der Waals surface area contributed by atoms with Crippen LogP contribution >= 0.6 is 0 Å². The summed E-state index contributed by atoms with van der Waals surface area (Å²) in [4.78, 5) is 54.4. The molecule has 0 spiro atoms. The standard InChI is InChI=1S/C24H21N5O5/c1-26-22-20(23(32)27(2)24(26)33)28(14-25-22)11-12-34-19(30)13-29-17-9-5-3-7-15(17)21(31)16-8-4-6-10-18(16)29/h3-10,14H,11-13H2,1-2H3. The third kappa shape index (κ3) is 3.31. The van der Waals surface area contributed by atoms with Gasteiger partial charge in [0.1, 0.15) is 13.2 Å². The van der Waals surface area contributed by atoms with Crippen molar-refractivity contribution in [3.05, 3.63) is 85.9 Å². The number of rotatable bonds is 5. The van der Waals surface area contributed by atoms with Crippen LogP contribution in [0, 0.1) is 0 Å². The number of imidazole rings is 1. The smallest absolute Gasteiger partial charge is 0.332 e. The summed E-state index contributed by atoms with van der Waals surface area (Å²) in [7, 11) is 2.95. The zero-order valence-electron chi connectivity index (χ0n) is 18.6. The van der Waals surface area contributed by atoms with Gasteiger partial charge < -0.3 is 13.9 Å². The highest BCUT2D eigenvalue weighted by Crippen LogP contribution is 2.19. The summed E-state index contributed by atoms with van der Waals surface area (Å²) < 4.78 is 11.1. The van der Waals surface area contributed by atoms with Crippen molar-refractivity contribution in [1.82, 2.24) is 23.3 Å². The van der Waals surface area contributed by atoms with Crippen LogP contribution in [0.4, 0.5) is 0 Å². The Morgan fingerprint density at radius 3 is 2.18 bits per heavy atom. The second-order valence-corrected chi connectivity index (χ2v) is 7.99. The first kappa shape index (κ1) is 21.4. The van der Waals surface area contributed by atoms with E-state index in [-0.39, 0.29) is 36.3 Å². The maximum absolute atomic E-state index is 12.8. The lowest BCUT2D eigenvalue weighted by Crippen LogP contribution is -2.37. The van der Waals surface area contributed by atoms with Gasteiger partial charge in [-0.15, -0.1) is 0 Å². The van der Waals surface area contributed by atoms with E-state index in [2.05, 4.69) is 4.98 Å². The van der Waals surface area contributed by atoms with Crippen LogP contribution in [0.5, 0.6) is 0 Å². The van der Waals surface area contributed by atoms with E-state index < -0.39 is 17.2 Å². The molecule has 0 atom stereocenters. The van der Waals surface area contributed by atoms with Crippen LogP contribution in [-0.4, -0.2) is 35.8 Å². The molecule has 0 bridgehead atoms. The Balaban J connectivity index is 1.40. The van der Waals surface area contributed by atoms with Gasteiger partial charge in [-0.25, -0.2) is 9.78 Å². The van der Waals surface area contributed by atoms with Gasteiger partial charge >= 0.3 is 11.7 Å². The molecule has 172 valence electrons. The fourth-order valence-corrected chi connectivity index (χ4v) is 4.25. The van der Waals surface area contributed by atoms with E-state index in [1.54, 1.807) is 52.6 Å². The number of aryl methyl sites for hydroxylation is 1. The molecule has 3 heterocycles. The Morgan fingerprint density at radius 1 is 0.912 bits per heavy atom. The van der Waals surface area contributed by atoms with Crippen LogP contribution < -0.4 is 16.7 Å². The van der Waals surface area contributed by atoms with Gasteiger partial charge in [-0.3, -0.25) is 23.5 Å². The van der Waals surface area contributed by atoms with Crippen molar-refractivity contribution in [3.63, 3.8) is 0 Å². The molecule has 3 aromatic heterocycles. The minimum atomic E-state index is -0.483. The first-order chi connectivity index (χ1) is 16.4. The van der Waals surface area contributed by atoms with Gasteiger partial charge in [-0.05, 0) is 24.3 Å². The molecule has 10 heteroatoms. The van der Waals surface area contributed by atoms with Crippen molar-refractivity contribution in [2.45, 2.75) is 13.1 Å². The Labute approximate surface area is 191 Å². The average Bonchev–Trinajstić information content (AvgIpc) is 3.28. The first-order valence-corrected chi connectivity index (χ1v) is 10.6. The number of esters is 1. The third-order valence-corrected chi connectivity index (χ3v) is 5.98. The zero-order chi connectivity index (χ0) is 24.0. The van der Waals surface area contributed by atoms with E-state index in [0.717, 1.165) is 4.57 Å². The molecule has 0 N–H and O–H groups in total. The fraction of sp³-hybridized carbons (Fsp3) is 0.208. The van der Waals surface area contributed by atoms with Gasteiger partial charge in [-0.1, -0.05) is 24.3 Å². The lowest BCUT2D eigenvalue weighted by Gasteiger charge is -2.15. The Hall–Kier alpha value is -4.47. The van der Waals surface area contributed by atoms with Crippen LogP contribution in [-0.2, 0) is 36.7 Å². The fourth-order valence-electron chi connectivity index (χ4n) is 4.25. The highest BCUT2D eigenvalue weighted by atomic mass is 16.5. The molecule has 0 aliphatic rings. The summed E-state index contributed by atoms with van der Waals surface area (Å²) in [5, 5.41) is 1.06. The third-order valence-electron chi connectivity index (χ3n) is 5.98. The van der Waals surface area contributed by atoms with E-state index in [9.17, 15) is 19.2 Å². The molecule has 0 aliphatic heterocycles. The molecule has 34 heavy (non-hydrogen) atoms. The number of fused-ring (bicyclic) bond motifs is 3. The SMILES string of the molecule is Cn1c(=O)c2c(ncn2CCOC(=O)Cn2c3ccccc3c(=O)c3ccccc32)n(C)c1=O. The first-order valence-electron chi connectivity index (χ1n) is 10.6. The molecular weight excluding hydrogens is 438 g/mol. The molecule has 0 fully saturated rings. The highest BCUT2D eigenvalue weighted by molar-refractivity contribution is 5.94. The van der Waals surface area contributed by atoms with Crippen molar-refractivity contribution in [2.75, 3.05) is 6.61 Å². The number of pyridine rings is 1. The molecule has 0 saturated carbocycles. The van der Waals surface area contributed by atoms with Crippen molar-refractivity contribution >= 4 is 38.9 Å². The number of nitrogens with zero attached hydrogens (tertiary/aromatic N) is 5. The number of hydrogen-bond acceptors (Lipinski definition) is 6. The van der Waals surface area contributed by atoms with Crippen molar-refractivity contribution < 1.29 is 9.53 Å². The topological polar surface area (TPSA) is 110 Å². The molecular formula is C24H21N5O5. The van der Waals surface area contributed by atoms with E-state index >= 15 is 0 Å². The van der Waals surface area contributed by atoms with E-state index in [1.807, 2.05) is 12.1 Å². The van der Waals surface area contributed by atoms with Crippen LogP contribution in [0.25, 0.3) is 33.0 Å². The number of aromatic nitrogens is 5. The van der Waals surface area contributed by atoms with Crippen LogP contribution in [0.1, 0.15) is 0 Å². The average molecular weight is 459 g/mol. The molecule has 0 amide bonds. The Bertz CT molecular complexity index is 1710. The van der Waals surface area contributed by atoms with Crippen molar-refractivity contribution in [1.29, 1.82) is 0 Å². The largest absolute Gasteiger partial charge is 0.462 e. The van der Waals surface area contributed by atoms with Gasteiger partial charge in [0.2, 0.25) is 0 Å². The maximum Gasteiger partial charge on any atom is 0.332 e. The number of hydrogen-bond donors (Lipinski definition) is 0. The van der Waals surface area contributed by atoms with E-state index in [0.29, 0.717) is 21.8 Å². The summed E-state index contributed by atoms with van der Waals surface area (Å²) in [6, 6.07) is 14.3. The molecule has 5 aromatic rings. The summed E-state index contributed by atoms with van der Waals surface area (Å²) in [5.41, 5.74) is 0.812. The predicted octanol–water partition coefficient (Wildman–Crippen LogP) is 1.15. The number of para-hydroxylation sites is 2. The molecule has 10 nitrogen and oxygen atoms in total. The van der Waals surface area contributed by atoms with E-state index in [4.69, 9.17) is 4.74 Å². The van der Waals surface area contributed by atoms with Gasteiger partial charge in [0.25, 0.3) is 5.56 Å². The molecule has 0 aliphatic carbocycles. The Kier molecular flexibility index (Phi) is 5.12. The molecule has 2 aromatic carbocycles. The maximum atomic E-state index is 12.8. The summed E-state index contributed by atoms with van der Waals surface area (Å²) in [5.74, 6) is -0.483. The predicted molar refractivity (Wildman–Crippen MR) is 127 cm³/mol. The lowest BCUT2D eigenvalue weighted by molar-refractivity contribution is -0.144. The second kappa shape index (κ2) is 8.14. The van der Waals surface area contributed by atoms with Crippen LogP contribution in [0.15, 0.2) is 69.2 Å². The van der Waals surface area contributed by atoms with Crippen LogP contribution in [0.2, 0.25) is 0 Å². The van der Waals surface area contributed by atoms with Crippen LogP contribution in [0.3, 0.4) is 0 Å². The van der Waals surface area contributed by atoms with E-state index in [1.165, 1.54) is 17.9 Å². The van der Waals surface area contributed by atoms with Gasteiger partial charge in [0.15, 0.2) is 16.6 Å². The number of ether oxygens (including phenoxy) is 1. The summed E-state index contributed by atoms with van der Waals surface area (Å²) in [6.45, 7) is 0.121. The summed E-state index contributed by atoms with van der Waals surface area (Å²) in [6.07, 6.45) is 1.45. The quantitative estimate of drug-likeness (QED) is 0.288. The highest BCUT2D eigenvalue weighted by Gasteiger charge is 2.16. The molecule has 0 saturated heterocycles. The van der Waals surface area contributed by atoms with Crippen molar-refractivity contribution in [2.24, 2.45) is 14.1 Å².